The minimum absolute atomic E-state index is 0.591. The van der Waals surface area contributed by atoms with Crippen LogP contribution in [0.2, 0.25) is 0 Å². The third kappa shape index (κ3) is 3.43. The second-order valence-corrected chi connectivity index (χ2v) is 3.75. The SMILES string of the molecule is CCCNN1CN(Cl)CN(Cl)C1. The molecule has 0 aromatic carbocycles. The minimum Gasteiger partial charge on any atom is -0.253 e. The first-order valence-corrected chi connectivity index (χ1v) is 4.70. The Morgan fingerprint density at radius 1 is 1.17 bits per heavy atom. The molecular formula is C6H14Cl2N4. The Hall–Kier alpha value is 0.420. The van der Waals surface area contributed by atoms with Gasteiger partial charge in [0, 0.05) is 6.54 Å². The van der Waals surface area contributed by atoms with Crippen LogP contribution in [0.1, 0.15) is 13.3 Å². The van der Waals surface area contributed by atoms with E-state index in [2.05, 4.69) is 12.3 Å². The molecule has 0 bridgehead atoms. The smallest absolute Gasteiger partial charge is 0.0828 e. The van der Waals surface area contributed by atoms with Crippen LogP contribution in [0.3, 0.4) is 0 Å². The predicted molar refractivity (Wildman–Crippen MR) is 50.1 cm³/mol. The maximum atomic E-state index is 5.81. The Morgan fingerprint density at radius 2 is 1.75 bits per heavy atom. The molecule has 0 aromatic heterocycles. The molecule has 1 saturated heterocycles. The number of nitrogens with one attached hydrogen (secondary N) is 1. The Labute approximate surface area is 83.2 Å². The quantitative estimate of drug-likeness (QED) is 0.706. The molecule has 0 aromatic rings. The Balaban J connectivity index is 2.24. The average Bonchev–Trinajstić information content (AvgIpc) is 1.99. The normalized spacial score (nSPS) is 23.2. The van der Waals surface area contributed by atoms with Gasteiger partial charge in [-0.1, -0.05) is 6.92 Å². The Kier molecular flexibility index (Phi) is 4.56. The molecule has 1 heterocycles. The maximum Gasteiger partial charge on any atom is 0.0828 e. The maximum absolute atomic E-state index is 5.81. The van der Waals surface area contributed by atoms with E-state index in [1.54, 1.807) is 8.84 Å². The number of halogens is 2. The minimum atomic E-state index is 0.591. The molecule has 0 atom stereocenters. The van der Waals surface area contributed by atoms with Gasteiger partial charge in [-0.2, -0.15) is 8.84 Å². The molecule has 0 unspecified atom stereocenters. The third-order valence-electron chi connectivity index (χ3n) is 1.54. The lowest BCUT2D eigenvalue weighted by atomic mass is 10.5. The van der Waals surface area contributed by atoms with Crippen LogP contribution in [0.15, 0.2) is 0 Å². The van der Waals surface area contributed by atoms with Crippen LogP contribution in [-0.4, -0.2) is 40.4 Å². The fraction of sp³-hybridized carbons (Fsp3) is 1.00. The van der Waals surface area contributed by atoms with Crippen LogP contribution in [0, 0.1) is 0 Å². The summed E-state index contributed by atoms with van der Waals surface area (Å²) in [5, 5.41) is 1.98. The highest BCUT2D eigenvalue weighted by Gasteiger charge is 2.19. The van der Waals surface area contributed by atoms with E-state index in [1.807, 2.05) is 5.01 Å². The van der Waals surface area contributed by atoms with E-state index >= 15 is 0 Å². The van der Waals surface area contributed by atoms with Gasteiger partial charge in [0.25, 0.3) is 0 Å². The van der Waals surface area contributed by atoms with E-state index in [4.69, 9.17) is 23.6 Å². The standard InChI is InChI=1S/C6H14Cl2N4/c1-2-3-9-12-5-10(7)4-11(8)6-12/h9H,2-6H2,1H3. The Morgan fingerprint density at radius 3 is 2.25 bits per heavy atom. The van der Waals surface area contributed by atoms with Crippen molar-refractivity contribution in [3.63, 3.8) is 0 Å². The van der Waals surface area contributed by atoms with Gasteiger partial charge >= 0.3 is 0 Å². The summed E-state index contributed by atoms with van der Waals surface area (Å²) in [4.78, 5) is 0. The number of hydrogen-bond donors (Lipinski definition) is 1. The van der Waals surface area contributed by atoms with Crippen LogP contribution in [0.25, 0.3) is 0 Å². The van der Waals surface area contributed by atoms with Crippen molar-refractivity contribution in [2.24, 2.45) is 0 Å². The van der Waals surface area contributed by atoms with Gasteiger partial charge in [-0.15, -0.1) is 0 Å². The van der Waals surface area contributed by atoms with Gasteiger partial charge in [-0.3, -0.25) is 5.43 Å². The van der Waals surface area contributed by atoms with E-state index in [0.717, 1.165) is 13.0 Å². The van der Waals surface area contributed by atoms with Crippen LogP contribution >= 0.6 is 23.6 Å². The summed E-state index contributed by atoms with van der Waals surface area (Å²) in [5.74, 6) is 0. The van der Waals surface area contributed by atoms with Crippen molar-refractivity contribution in [3.8, 4) is 0 Å². The van der Waals surface area contributed by atoms with Crippen molar-refractivity contribution in [3.05, 3.63) is 0 Å². The van der Waals surface area contributed by atoms with Crippen molar-refractivity contribution in [1.82, 2.24) is 19.3 Å². The molecule has 72 valence electrons. The van der Waals surface area contributed by atoms with Gasteiger partial charge in [0.1, 0.15) is 0 Å². The molecule has 6 heteroatoms. The number of nitrogens with zero attached hydrogens (tertiary/aromatic N) is 3. The molecule has 12 heavy (non-hydrogen) atoms. The molecule has 1 fully saturated rings. The lowest BCUT2D eigenvalue weighted by Gasteiger charge is -2.35. The van der Waals surface area contributed by atoms with E-state index in [9.17, 15) is 0 Å². The monoisotopic (exact) mass is 212 g/mol. The van der Waals surface area contributed by atoms with Gasteiger partial charge in [0.05, 0.1) is 20.0 Å². The van der Waals surface area contributed by atoms with E-state index < -0.39 is 0 Å². The van der Waals surface area contributed by atoms with Crippen molar-refractivity contribution >= 4 is 23.6 Å². The van der Waals surface area contributed by atoms with E-state index in [1.165, 1.54) is 0 Å². The summed E-state index contributed by atoms with van der Waals surface area (Å²) in [7, 11) is 0. The van der Waals surface area contributed by atoms with Crippen LogP contribution in [0.5, 0.6) is 0 Å². The molecule has 4 nitrogen and oxygen atoms in total. The predicted octanol–water partition coefficient (Wildman–Crippen LogP) is 1.00. The molecule has 0 saturated carbocycles. The summed E-state index contributed by atoms with van der Waals surface area (Å²) in [6.45, 7) is 5.06. The Bertz CT molecular complexity index is 125. The fourth-order valence-corrected chi connectivity index (χ4v) is 1.61. The fourth-order valence-electron chi connectivity index (χ4n) is 1.04. The molecule has 1 rings (SSSR count). The number of hydrazine groups is 1. The van der Waals surface area contributed by atoms with Crippen LogP contribution < -0.4 is 5.43 Å². The molecule has 1 N–H and O–H groups in total. The van der Waals surface area contributed by atoms with Gasteiger partial charge in [-0.05, 0) is 30.0 Å². The van der Waals surface area contributed by atoms with Gasteiger partial charge in [0.15, 0.2) is 0 Å². The van der Waals surface area contributed by atoms with Gasteiger partial charge in [0.2, 0.25) is 0 Å². The van der Waals surface area contributed by atoms with Crippen LogP contribution in [0.4, 0.5) is 0 Å². The summed E-state index contributed by atoms with van der Waals surface area (Å²) in [6.07, 6.45) is 1.10. The molecule has 1 aliphatic heterocycles. The molecule has 0 aliphatic carbocycles. The van der Waals surface area contributed by atoms with E-state index in [0.29, 0.717) is 20.0 Å². The van der Waals surface area contributed by atoms with Crippen molar-refractivity contribution in [2.45, 2.75) is 13.3 Å². The summed E-state index contributed by atoms with van der Waals surface area (Å²) in [6, 6.07) is 0. The average molecular weight is 213 g/mol. The number of hydrogen-bond acceptors (Lipinski definition) is 4. The third-order valence-corrected chi connectivity index (χ3v) is 1.97. The highest BCUT2D eigenvalue weighted by atomic mass is 35.5. The zero-order chi connectivity index (χ0) is 8.97. The van der Waals surface area contributed by atoms with Crippen molar-refractivity contribution in [1.29, 1.82) is 0 Å². The lowest BCUT2D eigenvalue weighted by Crippen LogP contribution is -2.54. The largest absolute Gasteiger partial charge is 0.253 e. The molecule has 0 amide bonds. The summed E-state index contributed by atoms with van der Waals surface area (Å²) >= 11 is 11.6. The summed E-state index contributed by atoms with van der Waals surface area (Å²) in [5.41, 5.74) is 3.21. The lowest BCUT2D eigenvalue weighted by molar-refractivity contribution is 0.0257. The van der Waals surface area contributed by atoms with Crippen molar-refractivity contribution in [2.75, 3.05) is 26.6 Å². The molecule has 0 spiro atoms. The zero-order valence-electron chi connectivity index (χ0n) is 7.13. The summed E-state index contributed by atoms with van der Waals surface area (Å²) < 4.78 is 3.25. The van der Waals surface area contributed by atoms with Crippen LogP contribution in [-0.2, 0) is 0 Å². The highest BCUT2D eigenvalue weighted by Crippen LogP contribution is 2.09. The second kappa shape index (κ2) is 5.21. The first-order valence-electron chi connectivity index (χ1n) is 4.02. The first kappa shape index (κ1) is 10.5. The van der Waals surface area contributed by atoms with E-state index in [-0.39, 0.29) is 0 Å². The van der Waals surface area contributed by atoms with Gasteiger partial charge in [-0.25, -0.2) is 5.01 Å². The topological polar surface area (TPSA) is 21.8 Å². The zero-order valence-corrected chi connectivity index (χ0v) is 8.64. The second-order valence-electron chi connectivity index (χ2n) is 2.80. The molecular weight excluding hydrogens is 199 g/mol. The highest BCUT2D eigenvalue weighted by molar-refractivity contribution is 6.15. The first-order chi connectivity index (χ1) is 5.72. The molecule has 0 radical (unpaired) electrons. The van der Waals surface area contributed by atoms with Gasteiger partial charge < -0.3 is 0 Å². The number of rotatable bonds is 3. The molecule has 1 aliphatic rings. The van der Waals surface area contributed by atoms with Crippen molar-refractivity contribution < 1.29 is 0 Å².